The Labute approximate surface area is 410 Å². The van der Waals surface area contributed by atoms with Crippen LogP contribution in [-0.2, 0) is 37.3 Å². The van der Waals surface area contributed by atoms with Crippen molar-refractivity contribution in [1.29, 1.82) is 0 Å². The van der Waals surface area contributed by atoms with Gasteiger partial charge in [0, 0.05) is 52.4 Å². The van der Waals surface area contributed by atoms with Crippen molar-refractivity contribution in [2.24, 2.45) is 0 Å². The fraction of sp³-hybridized carbons (Fsp3) is 0.288. The molecular weight excluding hydrogens is 962 g/mol. The molecule has 330 valence electrons. The maximum Gasteiger partial charge on any atom is 0.148 e. The monoisotopic (exact) mass is 1030 g/mol. The van der Waals surface area contributed by atoms with Gasteiger partial charge in [0.2, 0.25) is 0 Å². The number of aromatic hydroxyl groups is 1. The van der Waals surface area contributed by atoms with Gasteiger partial charge in [0.25, 0.3) is 0 Å². The summed E-state index contributed by atoms with van der Waals surface area (Å²) < 4.78 is 85.3. The molecule has 2 heterocycles. The third-order valence-electron chi connectivity index (χ3n) is 11.9. The molecule has 0 spiro atoms. The van der Waals surface area contributed by atoms with E-state index < -0.39 is 31.9 Å². The van der Waals surface area contributed by atoms with Crippen LogP contribution in [0.15, 0.2) is 128 Å². The van der Waals surface area contributed by atoms with E-state index in [1.54, 1.807) is 24.4 Å². The van der Waals surface area contributed by atoms with E-state index in [1.165, 1.54) is 17.7 Å². The largest absolute Gasteiger partial charge is 0.507 e. The number of aryl methyl sites for hydroxylation is 2. The van der Waals surface area contributed by atoms with E-state index in [0.717, 1.165) is 50.1 Å². The fourth-order valence-electron chi connectivity index (χ4n) is 8.54. The van der Waals surface area contributed by atoms with Crippen molar-refractivity contribution in [3.05, 3.63) is 167 Å². The molecule has 0 saturated carbocycles. The number of phenolic OH excluding ortho intramolecular Hbond substituents is 1. The Hall–Kier alpha value is -5.57. The molecule has 4 nitrogen and oxygen atoms in total. The summed E-state index contributed by atoms with van der Waals surface area (Å²) in [6.45, 7) is 10.5. The minimum Gasteiger partial charge on any atom is -0.507 e. The molecule has 2 aromatic heterocycles. The first-order valence-corrected chi connectivity index (χ1v) is 21.5. The predicted octanol–water partition coefficient (Wildman–Crippen LogP) is 15.9. The number of aromatic nitrogens is 3. The Bertz CT molecular complexity index is 3370. The molecular formula is C59H62N3OPt-. The van der Waals surface area contributed by atoms with Gasteiger partial charge < -0.3 is 5.11 Å². The van der Waals surface area contributed by atoms with Crippen LogP contribution in [-0.4, -0.2) is 19.6 Å². The smallest absolute Gasteiger partial charge is 0.148 e. The van der Waals surface area contributed by atoms with Gasteiger partial charge in [0.1, 0.15) is 11.6 Å². The number of phenols is 1. The van der Waals surface area contributed by atoms with Crippen LogP contribution in [0.3, 0.4) is 0 Å². The van der Waals surface area contributed by atoms with Crippen molar-refractivity contribution in [3.8, 4) is 67.5 Å². The van der Waals surface area contributed by atoms with E-state index in [1.807, 2.05) is 70.2 Å². The SMILES string of the molecule is [2H]C(C)(C)c1cc(-n2c(-c3cc(C)cc(C)c3O)nc3c(-c4[c-]c(-c5cc(-c6ccc(C(C([2H])([2H])[2H])(C([2H])([2H])[2H])C([2H])([2H])[2H])cc6)ccn5)cc(C(C)(C)C)c4)cccc32)ccc1-c1ccccc1C(C)(C)C.[Pt]. The summed E-state index contributed by atoms with van der Waals surface area (Å²) >= 11 is 0. The van der Waals surface area contributed by atoms with Gasteiger partial charge in [-0.05, 0) is 116 Å². The second-order valence-electron chi connectivity index (χ2n) is 19.2. The number of imidazole rings is 1. The Morgan fingerprint density at radius 1 is 0.656 bits per heavy atom. The first-order chi connectivity index (χ1) is 33.7. The van der Waals surface area contributed by atoms with Crippen LogP contribution in [0.5, 0.6) is 5.75 Å². The molecule has 0 aliphatic carbocycles. The molecule has 5 heteroatoms. The van der Waals surface area contributed by atoms with Gasteiger partial charge in [-0.15, -0.1) is 29.3 Å². The molecule has 8 aromatic rings. The normalized spacial score (nSPS) is 15.3. The van der Waals surface area contributed by atoms with Gasteiger partial charge in [-0.2, -0.15) is 0 Å². The van der Waals surface area contributed by atoms with E-state index in [9.17, 15) is 6.48 Å². The third kappa shape index (κ3) is 9.05. The maximum absolute atomic E-state index is 11.8. The first kappa shape index (κ1) is 34.8. The van der Waals surface area contributed by atoms with Crippen molar-refractivity contribution in [2.45, 2.75) is 112 Å². The number of nitrogens with zero attached hydrogens (tertiary/aromatic N) is 3. The topological polar surface area (TPSA) is 50.9 Å². The van der Waals surface area contributed by atoms with Crippen molar-refractivity contribution < 1.29 is 39.9 Å². The van der Waals surface area contributed by atoms with Gasteiger partial charge in [-0.25, -0.2) is 4.98 Å². The molecule has 64 heavy (non-hydrogen) atoms. The summed E-state index contributed by atoms with van der Waals surface area (Å²) in [6, 6.07) is 41.7. The second kappa shape index (κ2) is 17.4. The van der Waals surface area contributed by atoms with E-state index in [2.05, 4.69) is 101 Å². The van der Waals surface area contributed by atoms with Crippen LogP contribution in [0.2, 0.25) is 0 Å². The molecule has 8 rings (SSSR count). The Morgan fingerprint density at radius 3 is 2.05 bits per heavy atom. The summed E-state index contributed by atoms with van der Waals surface area (Å²) in [4.78, 5) is 10.2. The molecule has 6 aromatic carbocycles. The first-order valence-electron chi connectivity index (χ1n) is 26.5. The van der Waals surface area contributed by atoms with Gasteiger partial charge in [0.05, 0.1) is 16.6 Å². The number of rotatable bonds is 7. The Balaban J connectivity index is 0.00000800. The molecule has 0 aliphatic rings. The molecule has 1 N–H and O–H groups in total. The van der Waals surface area contributed by atoms with Crippen LogP contribution in [0.25, 0.3) is 72.7 Å². The molecule has 0 unspecified atom stereocenters. The van der Waals surface area contributed by atoms with E-state index >= 15 is 0 Å². The minimum atomic E-state index is -3.38. The molecule has 0 fully saturated rings. The molecule has 0 bridgehead atoms. The number of hydrogen-bond acceptors (Lipinski definition) is 3. The minimum absolute atomic E-state index is 0. The summed E-state index contributed by atoms with van der Waals surface area (Å²) in [5, 5.41) is 11.8. The predicted molar refractivity (Wildman–Crippen MR) is 266 cm³/mol. The zero-order valence-electron chi connectivity index (χ0n) is 48.2. The van der Waals surface area contributed by atoms with Crippen molar-refractivity contribution in [1.82, 2.24) is 14.5 Å². The number of para-hydroxylation sites is 1. The zero-order valence-corrected chi connectivity index (χ0v) is 40.5. The molecule has 0 saturated heterocycles. The fourth-order valence-corrected chi connectivity index (χ4v) is 8.54. The van der Waals surface area contributed by atoms with Crippen molar-refractivity contribution >= 4 is 11.0 Å². The Kier molecular flexibility index (Phi) is 9.47. The molecule has 0 radical (unpaired) electrons. The van der Waals surface area contributed by atoms with Gasteiger partial charge in [0.15, 0.2) is 0 Å². The number of benzene rings is 6. The Morgan fingerprint density at radius 2 is 1.36 bits per heavy atom. The van der Waals surface area contributed by atoms with E-state index in [-0.39, 0.29) is 43.2 Å². The second-order valence-corrected chi connectivity index (χ2v) is 19.2. The van der Waals surface area contributed by atoms with Crippen LogP contribution in [0.1, 0.15) is 129 Å². The van der Waals surface area contributed by atoms with Gasteiger partial charge in [-0.3, -0.25) is 9.55 Å². The standard InChI is InChI=1S/C59H62N3O.Pt/c1-36(2)49-35-45(25-26-47(49)48-17-14-15-19-51(48)59(11,12)13)62-53-20-16-18-46(54(53)61-56(62)50-30-37(3)29-38(4)55(50)63)41-31-42(33-44(32-41)58(8,9)10)52-34-40(27-28-60-52)39-21-23-43(24-22-39)57(5,6)7;/h14-30,32-36,63H,1-13H3;/q-1;/i5D3,6D3,7D3,36D;. The summed E-state index contributed by atoms with van der Waals surface area (Å²) in [7, 11) is 0. The molecule has 0 aliphatic heterocycles. The third-order valence-corrected chi connectivity index (χ3v) is 11.9. The quantitative estimate of drug-likeness (QED) is 0.162. The number of fused-ring (bicyclic) bond motifs is 1. The summed E-state index contributed by atoms with van der Waals surface area (Å²) in [6.07, 6.45) is 1.65. The maximum atomic E-state index is 11.8. The average molecular weight is 1030 g/mol. The van der Waals surface area contributed by atoms with Crippen LogP contribution in [0, 0.1) is 19.9 Å². The van der Waals surface area contributed by atoms with E-state index in [0.29, 0.717) is 44.9 Å². The van der Waals surface area contributed by atoms with Crippen molar-refractivity contribution in [3.63, 3.8) is 0 Å². The average Bonchev–Trinajstić information content (AvgIpc) is 3.68. The summed E-state index contributed by atoms with van der Waals surface area (Å²) in [5.41, 5.74) is 9.70. The zero-order chi connectivity index (χ0) is 53.6. The van der Waals surface area contributed by atoms with Crippen molar-refractivity contribution in [2.75, 3.05) is 0 Å². The molecule has 0 amide bonds. The number of pyridine rings is 1. The van der Waals surface area contributed by atoms with Gasteiger partial charge >= 0.3 is 0 Å². The van der Waals surface area contributed by atoms with Crippen LogP contribution >= 0.6 is 0 Å². The van der Waals surface area contributed by atoms with Crippen LogP contribution in [0.4, 0.5) is 0 Å². The summed E-state index contributed by atoms with van der Waals surface area (Å²) in [5.74, 6) is -0.348. The van der Waals surface area contributed by atoms with Crippen LogP contribution < -0.4 is 0 Å². The van der Waals surface area contributed by atoms with Gasteiger partial charge in [-0.1, -0.05) is 166 Å². The molecule has 0 atom stereocenters. The van der Waals surface area contributed by atoms with E-state index in [4.69, 9.17) is 22.3 Å². The number of hydrogen-bond donors (Lipinski definition) is 1.